The highest BCUT2D eigenvalue weighted by atomic mass is 79.9. The van der Waals surface area contributed by atoms with Crippen molar-refractivity contribution in [3.05, 3.63) is 69.8 Å². The first kappa shape index (κ1) is 16.4. The van der Waals surface area contributed by atoms with Crippen molar-refractivity contribution in [1.29, 1.82) is 0 Å². The molecular formula is C18H18BrN5. The Morgan fingerprint density at radius 2 is 1.83 bits per heavy atom. The molecule has 3 rings (SSSR count). The van der Waals surface area contributed by atoms with Crippen LogP contribution in [0, 0.1) is 13.8 Å². The summed E-state index contributed by atoms with van der Waals surface area (Å²) in [6, 6.07) is 14.4. The molecule has 0 saturated carbocycles. The highest BCUT2D eigenvalue weighted by Gasteiger charge is 2.03. The van der Waals surface area contributed by atoms with Crippen LogP contribution in [0.2, 0.25) is 0 Å². The summed E-state index contributed by atoms with van der Waals surface area (Å²) in [5.74, 6) is 1.14. The van der Waals surface area contributed by atoms with Gasteiger partial charge >= 0.3 is 0 Å². The van der Waals surface area contributed by atoms with Crippen molar-refractivity contribution in [2.24, 2.45) is 0 Å². The van der Waals surface area contributed by atoms with Crippen LogP contribution in [0.4, 0.5) is 17.5 Å². The number of rotatable bonds is 5. The van der Waals surface area contributed by atoms with Crippen molar-refractivity contribution in [2.75, 3.05) is 10.6 Å². The minimum Gasteiger partial charge on any atom is -0.365 e. The molecule has 6 heteroatoms. The molecule has 0 saturated heterocycles. The van der Waals surface area contributed by atoms with Crippen molar-refractivity contribution < 1.29 is 0 Å². The quantitative estimate of drug-likeness (QED) is 0.673. The van der Waals surface area contributed by atoms with Gasteiger partial charge in [-0.3, -0.25) is 0 Å². The number of hydrogen-bond acceptors (Lipinski definition) is 5. The molecule has 122 valence electrons. The first-order valence-electron chi connectivity index (χ1n) is 7.62. The van der Waals surface area contributed by atoms with E-state index in [1.54, 1.807) is 6.20 Å². The van der Waals surface area contributed by atoms with Crippen LogP contribution in [0.1, 0.15) is 16.7 Å². The smallest absolute Gasteiger partial charge is 0.249 e. The maximum atomic E-state index is 4.44. The maximum absolute atomic E-state index is 4.44. The van der Waals surface area contributed by atoms with Gasteiger partial charge in [0.15, 0.2) is 5.82 Å². The van der Waals surface area contributed by atoms with Crippen molar-refractivity contribution in [3.63, 3.8) is 0 Å². The second-order valence-corrected chi connectivity index (χ2v) is 6.45. The van der Waals surface area contributed by atoms with E-state index in [2.05, 4.69) is 72.9 Å². The molecular weight excluding hydrogens is 366 g/mol. The van der Waals surface area contributed by atoms with Gasteiger partial charge in [0.1, 0.15) is 0 Å². The van der Waals surface area contributed by atoms with Gasteiger partial charge in [-0.2, -0.15) is 10.1 Å². The third kappa shape index (κ3) is 4.29. The van der Waals surface area contributed by atoms with E-state index in [0.717, 1.165) is 10.2 Å². The van der Waals surface area contributed by atoms with E-state index in [-0.39, 0.29) is 0 Å². The summed E-state index contributed by atoms with van der Waals surface area (Å²) in [5, 5.41) is 14.5. The van der Waals surface area contributed by atoms with Gasteiger partial charge in [-0.15, -0.1) is 5.10 Å². The third-order valence-corrected chi connectivity index (χ3v) is 4.44. The zero-order chi connectivity index (χ0) is 16.9. The molecule has 0 amide bonds. The first-order chi connectivity index (χ1) is 11.6. The van der Waals surface area contributed by atoms with E-state index in [0.29, 0.717) is 18.3 Å². The number of halogens is 1. The number of aromatic nitrogens is 3. The van der Waals surface area contributed by atoms with Gasteiger partial charge < -0.3 is 10.6 Å². The zero-order valence-electron chi connectivity index (χ0n) is 13.5. The van der Waals surface area contributed by atoms with E-state index in [4.69, 9.17) is 0 Å². The molecule has 0 atom stereocenters. The molecule has 0 aliphatic rings. The molecule has 0 fully saturated rings. The molecule has 2 N–H and O–H groups in total. The minimum absolute atomic E-state index is 0.458. The predicted octanol–water partition coefficient (Wildman–Crippen LogP) is 4.61. The van der Waals surface area contributed by atoms with Crippen LogP contribution in [0.25, 0.3) is 0 Å². The summed E-state index contributed by atoms with van der Waals surface area (Å²) in [4.78, 5) is 4.44. The lowest BCUT2D eigenvalue weighted by Gasteiger charge is -2.09. The molecule has 0 aliphatic carbocycles. The minimum atomic E-state index is 0.458. The summed E-state index contributed by atoms with van der Waals surface area (Å²) in [6.45, 7) is 4.81. The van der Waals surface area contributed by atoms with Gasteiger partial charge in [0.25, 0.3) is 0 Å². The molecule has 1 aromatic heterocycles. The number of nitrogens with one attached hydrogen (secondary N) is 2. The second-order valence-electron chi connectivity index (χ2n) is 5.59. The van der Waals surface area contributed by atoms with Crippen molar-refractivity contribution in [1.82, 2.24) is 15.2 Å². The van der Waals surface area contributed by atoms with E-state index in [1.807, 2.05) is 25.1 Å². The van der Waals surface area contributed by atoms with Crippen LogP contribution < -0.4 is 10.6 Å². The van der Waals surface area contributed by atoms with E-state index < -0.39 is 0 Å². The number of nitrogens with zero attached hydrogens (tertiary/aromatic N) is 3. The highest BCUT2D eigenvalue weighted by molar-refractivity contribution is 9.10. The number of aryl methyl sites for hydroxylation is 2. The predicted molar refractivity (Wildman–Crippen MR) is 100 cm³/mol. The number of hydrogen-bond donors (Lipinski definition) is 2. The largest absolute Gasteiger partial charge is 0.365 e. The molecule has 0 aliphatic heterocycles. The SMILES string of the molecule is Cc1ccc(CNc2cnnc(Nc3ccc(C)c(Br)c3)n2)cc1. The Kier molecular flexibility index (Phi) is 5.05. The fourth-order valence-electron chi connectivity index (χ4n) is 2.14. The number of anilines is 3. The highest BCUT2D eigenvalue weighted by Crippen LogP contribution is 2.22. The lowest BCUT2D eigenvalue weighted by atomic mass is 10.1. The lowest BCUT2D eigenvalue weighted by molar-refractivity contribution is 0.965. The molecule has 2 aromatic carbocycles. The normalized spacial score (nSPS) is 10.5. The average molecular weight is 384 g/mol. The van der Waals surface area contributed by atoms with Gasteiger partial charge in [0.2, 0.25) is 5.95 Å². The first-order valence-corrected chi connectivity index (χ1v) is 8.42. The second kappa shape index (κ2) is 7.40. The van der Waals surface area contributed by atoms with E-state index >= 15 is 0 Å². The Morgan fingerprint density at radius 3 is 2.58 bits per heavy atom. The van der Waals surface area contributed by atoms with Crippen LogP contribution >= 0.6 is 15.9 Å². The third-order valence-electron chi connectivity index (χ3n) is 3.58. The van der Waals surface area contributed by atoms with Gasteiger partial charge in [-0.25, -0.2) is 0 Å². The molecule has 0 radical (unpaired) electrons. The fraction of sp³-hybridized carbons (Fsp3) is 0.167. The van der Waals surface area contributed by atoms with Crippen molar-refractivity contribution in [3.8, 4) is 0 Å². The van der Waals surface area contributed by atoms with Gasteiger partial charge in [0.05, 0.1) is 6.20 Å². The molecule has 0 bridgehead atoms. The summed E-state index contributed by atoms with van der Waals surface area (Å²) in [7, 11) is 0. The topological polar surface area (TPSA) is 62.7 Å². The maximum Gasteiger partial charge on any atom is 0.249 e. The molecule has 5 nitrogen and oxygen atoms in total. The van der Waals surface area contributed by atoms with Crippen LogP contribution in [0.3, 0.4) is 0 Å². The Hall–Kier alpha value is -2.47. The Balaban J connectivity index is 1.67. The molecule has 1 heterocycles. The van der Waals surface area contributed by atoms with Gasteiger partial charge in [-0.05, 0) is 37.1 Å². The molecule has 0 unspecified atom stereocenters. The average Bonchev–Trinajstić information content (AvgIpc) is 2.58. The van der Waals surface area contributed by atoms with E-state index in [1.165, 1.54) is 16.7 Å². The fourth-order valence-corrected chi connectivity index (χ4v) is 2.52. The summed E-state index contributed by atoms with van der Waals surface area (Å²) in [6.07, 6.45) is 1.62. The summed E-state index contributed by atoms with van der Waals surface area (Å²) < 4.78 is 1.04. The van der Waals surface area contributed by atoms with Crippen LogP contribution in [-0.2, 0) is 6.54 Å². The van der Waals surface area contributed by atoms with Gasteiger partial charge in [-0.1, -0.05) is 51.8 Å². The van der Waals surface area contributed by atoms with Crippen LogP contribution in [-0.4, -0.2) is 15.2 Å². The summed E-state index contributed by atoms with van der Waals surface area (Å²) in [5.41, 5.74) is 4.52. The van der Waals surface area contributed by atoms with Crippen molar-refractivity contribution >= 4 is 33.4 Å². The zero-order valence-corrected chi connectivity index (χ0v) is 15.1. The molecule has 3 aromatic rings. The Bertz CT molecular complexity index is 833. The van der Waals surface area contributed by atoms with Crippen molar-refractivity contribution in [2.45, 2.75) is 20.4 Å². The van der Waals surface area contributed by atoms with E-state index in [9.17, 15) is 0 Å². The molecule has 24 heavy (non-hydrogen) atoms. The Morgan fingerprint density at radius 1 is 1.04 bits per heavy atom. The van der Waals surface area contributed by atoms with Gasteiger partial charge in [0, 0.05) is 16.7 Å². The van der Waals surface area contributed by atoms with Crippen LogP contribution in [0.5, 0.6) is 0 Å². The number of benzene rings is 2. The lowest BCUT2D eigenvalue weighted by Crippen LogP contribution is -2.05. The summed E-state index contributed by atoms with van der Waals surface area (Å²) >= 11 is 3.52. The Labute approximate surface area is 149 Å². The van der Waals surface area contributed by atoms with Crippen LogP contribution in [0.15, 0.2) is 53.1 Å². The monoisotopic (exact) mass is 383 g/mol. The molecule has 0 spiro atoms. The standard InChI is InChI=1S/C18H18BrN5/c1-12-3-6-14(7-4-12)10-20-17-11-21-24-18(23-17)22-15-8-5-13(2)16(19)9-15/h3-9,11H,10H2,1-2H3,(H2,20,22,23,24).